The highest BCUT2D eigenvalue weighted by molar-refractivity contribution is 8.00. The van der Waals surface area contributed by atoms with E-state index in [0.717, 1.165) is 31.5 Å². The Morgan fingerprint density at radius 1 is 1.28 bits per heavy atom. The number of aromatic nitrogens is 3. The highest BCUT2D eigenvalue weighted by Gasteiger charge is 2.44. The zero-order chi connectivity index (χ0) is 20.5. The summed E-state index contributed by atoms with van der Waals surface area (Å²) in [6, 6.07) is 8.29. The molecule has 1 aromatic heterocycles. The van der Waals surface area contributed by atoms with Gasteiger partial charge in [0, 0.05) is 6.42 Å². The Balaban J connectivity index is 1.60. The molecule has 2 aliphatic heterocycles. The van der Waals surface area contributed by atoms with Crippen molar-refractivity contribution in [1.82, 2.24) is 19.7 Å². The van der Waals surface area contributed by atoms with Gasteiger partial charge in [-0.3, -0.25) is 14.5 Å². The van der Waals surface area contributed by atoms with E-state index in [1.807, 2.05) is 6.92 Å². The summed E-state index contributed by atoms with van der Waals surface area (Å²) in [7, 11) is 1.44. The van der Waals surface area contributed by atoms with Crippen LogP contribution in [0.4, 0.5) is 0 Å². The van der Waals surface area contributed by atoms with Crippen molar-refractivity contribution in [3.8, 4) is 0 Å². The van der Waals surface area contributed by atoms with Crippen LogP contribution in [0.3, 0.4) is 0 Å². The van der Waals surface area contributed by atoms with Crippen molar-refractivity contribution in [2.75, 3.05) is 20.2 Å². The number of hydrogen-bond acceptors (Lipinski definition) is 7. The Labute approximate surface area is 174 Å². The molecule has 154 valence electrons. The second-order valence-electron chi connectivity index (χ2n) is 7.64. The summed E-state index contributed by atoms with van der Waals surface area (Å²) in [6.45, 7) is 5.54. The molecule has 0 N–H and O–H groups in total. The van der Waals surface area contributed by atoms with E-state index in [1.54, 1.807) is 0 Å². The molecule has 1 aromatic carbocycles. The fourth-order valence-electron chi connectivity index (χ4n) is 4.11. The molecule has 2 unspecified atom stereocenters. The smallest absolute Gasteiger partial charge is 0.308 e. The molecule has 2 aliphatic rings. The van der Waals surface area contributed by atoms with Gasteiger partial charge in [-0.15, -0.1) is 5.10 Å². The minimum atomic E-state index is -0.298. The Hall–Kier alpha value is -2.19. The number of aryl methyl sites for hydroxylation is 2. The largest absolute Gasteiger partial charge is 0.469 e. The van der Waals surface area contributed by atoms with Gasteiger partial charge in [-0.05, 0) is 38.4 Å². The molecule has 1 saturated heterocycles. The lowest BCUT2D eigenvalue weighted by molar-refractivity contribution is -0.147. The van der Waals surface area contributed by atoms with Crippen molar-refractivity contribution in [2.45, 2.75) is 49.6 Å². The average molecular weight is 415 g/mol. The van der Waals surface area contributed by atoms with E-state index >= 15 is 0 Å². The van der Waals surface area contributed by atoms with Gasteiger partial charge in [0.15, 0.2) is 11.0 Å². The van der Waals surface area contributed by atoms with E-state index in [1.165, 1.54) is 29.1 Å². The third-order valence-corrected chi connectivity index (χ3v) is 6.97. The number of ether oxygens (including phenoxy) is 1. The molecule has 2 atom stereocenters. The predicted octanol–water partition coefficient (Wildman–Crippen LogP) is 2.89. The van der Waals surface area contributed by atoms with E-state index in [0.29, 0.717) is 17.4 Å². The number of benzene rings is 1. The van der Waals surface area contributed by atoms with Crippen LogP contribution in [0.25, 0.3) is 0 Å². The summed E-state index contributed by atoms with van der Waals surface area (Å²) in [5, 5.41) is 4.76. The zero-order valence-corrected chi connectivity index (χ0v) is 17.8. The number of piperidine rings is 1. The van der Waals surface area contributed by atoms with E-state index in [4.69, 9.17) is 4.74 Å². The highest BCUT2D eigenvalue weighted by atomic mass is 32.2. The number of hydrogen-bond donors (Lipinski definition) is 0. The van der Waals surface area contributed by atoms with Gasteiger partial charge >= 0.3 is 5.97 Å². The molecule has 2 aromatic rings. The number of nitrogens with zero attached hydrogens (tertiary/aromatic N) is 4. The van der Waals surface area contributed by atoms with Gasteiger partial charge in [0.05, 0.1) is 19.1 Å². The van der Waals surface area contributed by atoms with Crippen molar-refractivity contribution in [2.24, 2.45) is 5.92 Å². The molecule has 1 fully saturated rings. The Morgan fingerprint density at radius 2 is 1.97 bits per heavy atom. The molecule has 0 aliphatic carbocycles. The third kappa shape index (κ3) is 3.83. The second-order valence-corrected chi connectivity index (χ2v) is 8.75. The van der Waals surface area contributed by atoms with E-state index in [2.05, 4.69) is 46.2 Å². The lowest BCUT2D eigenvalue weighted by atomic mass is 9.92. The van der Waals surface area contributed by atoms with Crippen molar-refractivity contribution in [3.63, 3.8) is 0 Å². The quantitative estimate of drug-likeness (QED) is 0.696. The molecule has 29 heavy (non-hydrogen) atoms. The first-order valence-corrected chi connectivity index (χ1v) is 10.9. The van der Waals surface area contributed by atoms with Gasteiger partial charge in [-0.25, -0.2) is 4.98 Å². The average Bonchev–Trinajstić information content (AvgIpc) is 3.29. The fourth-order valence-corrected chi connectivity index (χ4v) is 5.39. The second kappa shape index (κ2) is 8.28. The van der Waals surface area contributed by atoms with Crippen LogP contribution in [0.2, 0.25) is 0 Å². The molecule has 7 nitrogen and oxygen atoms in total. The molecule has 0 radical (unpaired) electrons. The summed E-state index contributed by atoms with van der Waals surface area (Å²) >= 11 is 1.50. The fraction of sp³-hybridized carbons (Fsp3) is 0.524. The van der Waals surface area contributed by atoms with Gasteiger partial charge < -0.3 is 4.74 Å². The number of carbonyl (C=O) groups excluding carboxylic acids is 2. The Bertz CT molecular complexity index is 903. The maximum atomic E-state index is 13.2. The number of fused-ring (bicyclic) bond motifs is 1. The number of methoxy groups -OCH3 is 1. The van der Waals surface area contributed by atoms with Gasteiger partial charge in [-0.1, -0.05) is 48.5 Å². The topological polar surface area (TPSA) is 77.3 Å². The number of carbonyl (C=O) groups is 2. The van der Waals surface area contributed by atoms with Crippen molar-refractivity contribution < 1.29 is 14.3 Å². The monoisotopic (exact) mass is 414 g/mol. The van der Waals surface area contributed by atoms with Crippen molar-refractivity contribution >= 4 is 23.6 Å². The summed E-state index contributed by atoms with van der Waals surface area (Å²) in [6.07, 6.45) is 2.19. The lowest BCUT2D eigenvalue weighted by Crippen LogP contribution is -2.44. The minimum Gasteiger partial charge on any atom is -0.469 e. The first kappa shape index (κ1) is 20.1. The van der Waals surface area contributed by atoms with Crippen LogP contribution in [0, 0.1) is 12.8 Å². The van der Waals surface area contributed by atoms with Gasteiger partial charge in [0.2, 0.25) is 0 Å². The summed E-state index contributed by atoms with van der Waals surface area (Å²) in [4.78, 5) is 32.0. The Morgan fingerprint density at radius 3 is 2.55 bits per heavy atom. The molecule has 0 saturated carbocycles. The number of likely N-dealkylation sites (tertiary alicyclic amines) is 1. The summed E-state index contributed by atoms with van der Waals surface area (Å²) < 4.78 is 6.39. The number of thioether (sulfide) groups is 1. The van der Waals surface area contributed by atoms with Crippen LogP contribution in [0.5, 0.6) is 0 Å². The highest BCUT2D eigenvalue weighted by Crippen LogP contribution is 2.42. The first-order chi connectivity index (χ1) is 14.0. The van der Waals surface area contributed by atoms with Crippen LogP contribution >= 0.6 is 11.8 Å². The van der Waals surface area contributed by atoms with Crippen LogP contribution in [0.1, 0.15) is 47.6 Å². The maximum absolute atomic E-state index is 13.2. The molecular formula is C21H26N4O3S. The van der Waals surface area contributed by atoms with Crippen LogP contribution in [0.15, 0.2) is 29.4 Å². The van der Waals surface area contributed by atoms with Crippen LogP contribution < -0.4 is 0 Å². The number of rotatable bonds is 5. The molecule has 0 spiro atoms. The standard InChI is InChI=1S/C21H26N4O3S/c1-4-16-22-21-25(23-16)19(26)18(29-21)17(14-7-5-13(2)6-8-14)24-11-9-15(10-12-24)20(27)28-3/h5-8,15,17-18H,4,9-12H2,1-3H3. The zero-order valence-electron chi connectivity index (χ0n) is 17.0. The normalized spacial score (nSPS) is 21.2. The van der Waals surface area contributed by atoms with E-state index < -0.39 is 0 Å². The minimum absolute atomic E-state index is 0.0159. The van der Waals surface area contributed by atoms with Gasteiger partial charge in [0.1, 0.15) is 5.25 Å². The van der Waals surface area contributed by atoms with Crippen molar-refractivity contribution in [3.05, 3.63) is 41.2 Å². The predicted molar refractivity (Wildman–Crippen MR) is 110 cm³/mol. The SMILES string of the molecule is CCc1nc2n(n1)C(=O)C(C(c1ccc(C)cc1)N1CCC(C(=O)OC)CC1)S2. The van der Waals surface area contributed by atoms with Crippen LogP contribution in [-0.4, -0.2) is 57.0 Å². The van der Waals surface area contributed by atoms with Crippen molar-refractivity contribution in [1.29, 1.82) is 0 Å². The molecule has 8 heteroatoms. The van der Waals surface area contributed by atoms with Crippen LogP contribution in [-0.2, 0) is 16.0 Å². The third-order valence-electron chi connectivity index (χ3n) is 5.79. The number of esters is 1. The molecule has 3 heterocycles. The molecule has 4 rings (SSSR count). The maximum Gasteiger partial charge on any atom is 0.308 e. The summed E-state index contributed by atoms with van der Waals surface area (Å²) in [5.41, 5.74) is 2.30. The molecular weight excluding hydrogens is 388 g/mol. The van der Waals surface area contributed by atoms with Gasteiger partial charge in [0.25, 0.3) is 5.91 Å². The first-order valence-electron chi connectivity index (χ1n) is 10.1. The molecule has 0 amide bonds. The van der Waals surface area contributed by atoms with Gasteiger partial charge in [-0.2, -0.15) is 4.68 Å². The molecule has 0 bridgehead atoms. The summed E-state index contributed by atoms with van der Waals surface area (Å²) in [5.74, 6) is 0.480. The van der Waals surface area contributed by atoms with E-state index in [-0.39, 0.29) is 29.1 Å². The lowest BCUT2D eigenvalue weighted by Gasteiger charge is -2.38. The Kier molecular flexibility index (Phi) is 5.74. The van der Waals surface area contributed by atoms with E-state index in [9.17, 15) is 9.59 Å².